The van der Waals surface area contributed by atoms with Crippen molar-refractivity contribution in [3.05, 3.63) is 52.3 Å². The van der Waals surface area contributed by atoms with E-state index in [2.05, 4.69) is 15.7 Å². The molecule has 3 rings (SSSR count). The molecule has 1 aromatic carbocycles. The van der Waals surface area contributed by atoms with Crippen LogP contribution < -0.4 is 10.6 Å². The Balaban J connectivity index is 1.93. The maximum Gasteiger partial charge on any atom is 0.271 e. The topological polar surface area (TPSA) is 96.3 Å². The van der Waals surface area contributed by atoms with Gasteiger partial charge >= 0.3 is 0 Å². The Morgan fingerprint density at radius 1 is 1.38 bits per heavy atom. The van der Waals surface area contributed by atoms with Gasteiger partial charge in [-0.25, -0.2) is 0 Å². The number of rotatable bonds is 6. The monoisotopic (exact) mass is 376 g/mol. The van der Waals surface area contributed by atoms with Crippen LogP contribution in [-0.4, -0.2) is 46.4 Å². The van der Waals surface area contributed by atoms with Gasteiger partial charge in [0.25, 0.3) is 11.8 Å². The summed E-state index contributed by atoms with van der Waals surface area (Å²) in [7, 11) is 1.51. The average molecular weight is 377 g/mol. The zero-order valence-corrected chi connectivity index (χ0v) is 15.3. The third-order valence-corrected chi connectivity index (χ3v) is 4.83. The maximum absolute atomic E-state index is 12.7. The molecule has 0 spiro atoms. The van der Waals surface area contributed by atoms with Crippen molar-refractivity contribution in [3.63, 3.8) is 0 Å². The molecule has 2 amide bonds. The second-order valence-corrected chi connectivity index (χ2v) is 6.86. The molecule has 3 N–H and O–H groups in total. The number of amides is 2. The van der Waals surface area contributed by atoms with Crippen LogP contribution in [0.25, 0.3) is 0 Å². The summed E-state index contributed by atoms with van der Waals surface area (Å²) < 4.78 is 1.53. The first-order valence-corrected chi connectivity index (χ1v) is 8.81. The number of carbonyl (C=O) groups excluding carboxylic acids is 2. The summed E-state index contributed by atoms with van der Waals surface area (Å²) in [5.41, 5.74) is 1.33. The summed E-state index contributed by atoms with van der Waals surface area (Å²) in [5.74, 6) is -0.586. The van der Waals surface area contributed by atoms with E-state index in [1.807, 2.05) is 19.1 Å². The fraction of sp³-hybridized carbons (Fsp3) is 0.389. The van der Waals surface area contributed by atoms with Crippen molar-refractivity contribution in [1.29, 1.82) is 0 Å². The minimum atomic E-state index is -0.365. The highest BCUT2D eigenvalue weighted by Gasteiger charge is 2.38. The second-order valence-electron chi connectivity index (χ2n) is 6.43. The minimum Gasteiger partial charge on any atom is -0.396 e. The van der Waals surface area contributed by atoms with Gasteiger partial charge in [-0.3, -0.25) is 14.3 Å². The zero-order chi connectivity index (χ0) is 18.8. The molecule has 26 heavy (non-hydrogen) atoms. The lowest BCUT2D eigenvalue weighted by atomic mass is 10.1. The van der Waals surface area contributed by atoms with E-state index in [-0.39, 0.29) is 42.1 Å². The lowest BCUT2D eigenvalue weighted by molar-refractivity contribution is 0.0932. The molecule has 2 unspecified atom stereocenters. The molecule has 1 fully saturated rings. The van der Waals surface area contributed by atoms with Crippen molar-refractivity contribution in [2.45, 2.75) is 25.4 Å². The van der Waals surface area contributed by atoms with Gasteiger partial charge in [0.1, 0.15) is 5.69 Å². The average Bonchev–Trinajstić information content (AvgIpc) is 3.24. The number of carbonyl (C=O) groups is 2. The van der Waals surface area contributed by atoms with Crippen LogP contribution >= 0.6 is 11.6 Å². The first-order valence-electron chi connectivity index (χ1n) is 8.43. The Morgan fingerprint density at radius 3 is 2.77 bits per heavy atom. The van der Waals surface area contributed by atoms with E-state index in [1.54, 1.807) is 12.1 Å². The largest absolute Gasteiger partial charge is 0.396 e. The van der Waals surface area contributed by atoms with Crippen LogP contribution in [0, 0.1) is 5.92 Å². The molecular formula is C18H21ClN4O3. The molecule has 1 aromatic heterocycles. The minimum absolute atomic E-state index is 0.0409. The lowest BCUT2D eigenvalue weighted by Crippen LogP contribution is -2.30. The summed E-state index contributed by atoms with van der Waals surface area (Å²) in [6.45, 7) is 1.93. The van der Waals surface area contributed by atoms with E-state index in [4.69, 9.17) is 16.7 Å². The van der Waals surface area contributed by atoms with Crippen molar-refractivity contribution in [1.82, 2.24) is 20.4 Å². The Hall–Kier alpha value is -2.38. The van der Waals surface area contributed by atoms with E-state index in [9.17, 15) is 9.59 Å². The number of aliphatic hydroxyl groups excluding tert-OH is 1. The fourth-order valence-corrected chi connectivity index (χ4v) is 3.07. The lowest BCUT2D eigenvalue weighted by Gasteiger charge is -2.16. The first-order chi connectivity index (χ1) is 12.4. The number of nitrogens with zero attached hydrogens (tertiary/aromatic N) is 2. The summed E-state index contributed by atoms with van der Waals surface area (Å²) in [4.78, 5) is 24.7. The van der Waals surface area contributed by atoms with E-state index in [1.165, 1.54) is 17.8 Å². The van der Waals surface area contributed by atoms with Crippen LogP contribution in [0.2, 0.25) is 5.02 Å². The van der Waals surface area contributed by atoms with Gasteiger partial charge in [-0.2, -0.15) is 5.10 Å². The molecule has 0 saturated heterocycles. The van der Waals surface area contributed by atoms with Crippen LogP contribution in [-0.2, 0) is 0 Å². The SMILES string of the molecule is CNC(=O)c1cc(C(=O)NC2C[C@@H]2CO)n(C(C)c2cccc(Cl)c2)n1. The van der Waals surface area contributed by atoms with Crippen molar-refractivity contribution >= 4 is 23.4 Å². The van der Waals surface area contributed by atoms with Gasteiger partial charge in [-0.05, 0) is 31.0 Å². The van der Waals surface area contributed by atoms with Gasteiger partial charge in [0, 0.05) is 36.7 Å². The normalized spacial score (nSPS) is 19.7. The number of aromatic nitrogens is 2. The summed E-state index contributed by atoms with van der Waals surface area (Å²) in [6.07, 6.45) is 0.753. The van der Waals surface area contributed by atoms with E-state index < -0.39 is 0 Å². The number of hydrogen-bond acceptors (Lipinski definition) is 4. The highest BCUT2D eigenvalue weighted by atomic mass is 35.5. The molecule has 1 heterocycles. The third kappa shape index (κ3) is 3.73. The number of hydrogen-bond donors (Lipinski definition) is 3. The van der Waals surface area contributed by atoms with Crippen molar-refractivity contribution < 1.29 is 14.7 Å². The van der Waals surface area contributed by atoms with Crippen molar-refractivity contribution in [2.24, 2.45) is 5.92 Å². The van der Waals surface area contributed by atoms with Gasteiger partial charge < -0.3 is 15.7 Å². The summed E-state index contributed by atoms with van der Waals surface area (Å²) >= 11 is 6.07. The third-order valence-electron chi connectivity index (χ3n) is 4.60. The van der Waals surface area contributed by atoms with E-state index in [0.717, 1.165) is 12.0 Å². The zero-order valence-electron chi connectivity index (χ0n) is 14.6. The summed E-state index contributed by atoms with van der Waals surface area (Å²) in [5, 5.41) is 19.5. The molecule has 2 aromatic rings. The molecule has 0 aliphatic heterocycles. The van der Waals surface area contributed by atoms with Gasteiger partial charge in [0.2, 0.25) is 0 Å². The van der Waals surface area contributed by atoms with Crippen LogP contribution in [0.5, 0.6) is 0 Å². The Labute approximate surface area is 156 Å². The van der Waals surface area contributed by atoms with Crippen LogP contribution in [0.4, 0.5) is 0 Å². The smallest absolute Gasteiger partial charge is 0.271 e. The predicted molar refractivity (Wildman–Crippen MR) is 97.3 cm³/mol. The Morgan fingerprint density at radius 2 is 2.15 bits per heavy atom. The quantitative estimate of drug-likeness (QED) is 0.713. The van der Waals surface area contributed by atoms with E-state index in [0.29, 0.717) is 10.7 Å². The molecule has 138 valence electrons. The number of nitrogens with one attached hydrogen (secondary N) is 2. The van der Waals surface area contributed by atoms with Gasteiger partial charge in [-0.1, -0.05) is 23.7 Å². The Bertz CT molecular complexity index is 836. The molecular weight excluding hydrogens is 356 g/mol. The van der Waals surface area contributed by atoms with Crippen LogP contribution in [0.15, 0.2) is 30.3 Å². The highest BCUT2D eigenvalue weighted by molar-refractivity contribution is 6.30. The predicted octanol–water partition coefficient (Wildman–Crippen LogP) is 1.62. The first kappa shape index (κ1) is 18.4. The molecule has 1 aliphatic rings. The van der Waals surface area contributed by atoms with Crippen molar-refractivity contribution in [3.8, 4) is 0 Å². The second kappa shape index (κ2) is 7.47. The molecule has 0 bridgehead atoms. The van der Waals surface area contributed by atoms with Crippen molar-refractivity contribution in [2.75, 3.05) is 13.7 Å². The molecule has 1 saturated carbocycles. The van der Waals surface area contributed by atoms with Gasteiger partial charge in [0.15, 0.2) is 5.69 Å². The van der Waals surface area contributed by atoms with Crippen LogP contribution in [0.1, 0.15) is 45.9 Å². The number of aliphatic hydroxyl groups is 1. The number of halogens is 1. The molecule has 0 radical (unpaired) electrons. The summed E-state index contributed by atoms with van der Waals surface area (Å²) in [6, 6.07) is 8.44. The van der Waals surface area contributed by atoms with Crippen LogP contribution in [0.3, 0.4) is 0 Å². The molecule has 8 heteroatoms. The highest BCUT2D eigenvalue weighted by Crippen LogP contribution is 2.30. The fourth-order valence-electron chi connectivity index (χ4n) is 2.87. The van der Waals surface area contributed by atoms with E-state index >= 15 is 0 Å². The maximum atomic E-state index is 12.7. The van der Waals surface area contributed by atoms with Gasteiger partial charge in [-0.15, -0.1) is 0 Å². The van der Waals surface area contributed by atoms with Gasteiger partial charge in [0.05, 0.1) is 6.04 Å². The molecule has 1 aliphatic carbocycles. The number of benzene rings is 1. The molecule has 7 nitrogen and oxygen atoms in total. The standard InChI is InChI=1S/C18H21ClN4O3/c1-10(11-4-3-5-13(19)6-11)23-16(8-15(22-23)17(25)20-2)18(26)21-14-7-12(14)9-24/h3-6,8,10,12,14,24H,7,9H2,1-2H3,(H,20,25)(H,21,26)/t10?,12-,14?/m1/s1. The Kier molecular flexibility index (Phi) is 5.29. The molecule has 3 atom stereocenters.